The van der Waals surface area contributed by atoms with Crippen molar-refractivity contribution in [1.82, 2.24) is 0 Å². The largest absolute Gasteiger partial charge is 0.482 e. The van der Waals surface area contributed by atoms with Crippen LogP contribution in [-0.4, -0.2) is 11.9 Å². The van der Waals surface area contributed by atoms with Crippen LogP contribution < -0.4 is 4.74 Å². The molecule has 2 nitrogen and oxygen atoms in total. The minimum Gasteiger partial charge on any atom is -0.482 e. The van der Waals surface area contributed by atoms with Gasteiger partial charge in [0.1, 0.15) is 11.6 Å². The molecule has 0 amide bonds. The minimum absolute atomic E-state index is 0.0816. The van der Waals surface area contributed by atoms with E-state index in [9.17, 15) is 9.18 Å². The molecule has 21 heavy (non-hydrogen) atoms. The lowest BCUT2D eigenvalue weighted by molar-refractivity contribution is 0.0817. The topological polar surface area (TPSA) is 26.3 Å². The van der Waals surface area contributed by atoms with Crippen molar-refractivity contribution in [1.29, 1.82) is 0 Å². The fourth-order valence-electron chi connectivity index (χ4n) is 2.12. The van der Waals surface area contributed by atoms with Crippen molar-refractivity contribution >= 4 is 5.78 Å². The van der Waals surface area contributed by atoms with Crippen molar-refractivity contribution in [2.24, 2.45) is 0 Å². The highest BCUT2D eigenvalue weighted by atomic mass is 19.1. The molecule has 0 saturated heterocycles. The molecule has 0 radical (unpaired) electrons. The Balaban J connectivity index is 2.17. The summed E-state index contributed by atoms with van der Waals surface area (Å²) in [5, 5.41) is 0. The second-order valence-corrected chi connectivity index (χ2v) is 5.33. The molecule has 0 N–H and O–H groups in total. The van der Waals surface area contributed by atoms with Gasteiger partial charge in [0.05, 0.1) is 0 Å². The molecule has 0 spiro atoms. The summed E-state index contributed by atoms with van der Waals surface area (Å²) in [7, 11) is 0. The number of hydrogen-bond donors (Lipinski definition) is 0. The van der Waals surface area contributed by atoms with Gasteiger partial charge in [-0.05, 0) is 68.7 Å². The fourth-order valence-corrected chi connectivity index (χ4v) is 2.12. The minimum atomic E-state index is -0.615. The molecule has 3 heteroatoms. The number of ketones is 1. The molecule has 0 bridgehead atoms. The molecule has 0 fully saturated rings. The van der Waals surface area contributed by atoms with Crippen LogP contribution in [0.3, 0.4) is 0 Å². The molecule has 2 aromatic rings. The number of ether oxygens (including phenoxy) is 1. The highest BCUT2D eigenvalue weighted by Crippen LogP contribution is 2.21. The van der Waals surface area contributed by atoms with Crippen LogP contribution in [0.5, 0.6) is 5.75 Å². The van der Waals surface area contributed by atoms with Gasteiger partial charge in [-0.1, -0.05) is 12.1 Å². The zero-order valence-corrected chi connectivity index (χ0v) is 12.7. The van der Waals surface area contributed by atoms with Crippen molar-refractivity contribution in [3.8, 4) is 5.75 Å². The second kappa shape index (κ2) is 6.08. The number of halogens is 1. The average Bonchev–Trinajstić information content (AvgIpc) is 2.44. The van der Waals surface area contributed by atoms with E-state index in [0.717, 1.165) is 11.1 Å². The Bertz CT molecular complexity index is 677. The second-order valence-electron chi connectivity index (χ2n) is 5.33. The summed E-state index contributed by atoms with van der Waals surface area (Å²) in [6.07, 6.45) is -0.615. The van der Waals surface area contributed by atoms with Crippen LogP contribution in [0.4, 0.5) is 4.39 Å². The average molecular weight is 286 g/mol. The normalized spacial score (nSPS) is 12.0. The van der Waals surface area contributed by atoms with Crippen LogP contribution in [0.2, 0.25) is 0 Å². The maximum atomic E-state index is 13.1. The SMILES string of the molecule is Cc1ccc(C(=O)C(C)Oc2ccc(F)cc2C)cc1C. The van der Waals surface area contributed by atoms with Gasteiger partial charge in [-0.2, -0.15) is 0 Å². The van der Waals surface area contributed by atoms with E-state index in [1.54, 1.807) is 19.9 Å². The molecule has 0 aliphatic carbocycles. The number of carbonyl (C=O) groups is 1. The number of benzene rings is 2. The van der Waals surface area contributed by atoms with E-state index < -0.39 is 6.10 Å². The van der Waals surface area contributed by atoms with Gasteiger partial charge in [0.25, 0.3) is 0 Å². The summed E-state index contributed by atoms with van der Waals surface area (Å²) in [5.41, 5.74) is 3.53. The Morgan fingerprint density at radius 3 is 2.33 bits per heavy atom. The Kier molecular flexibility index (Phi) is 4.41. The number of rotatable bonds is 4. The summed E-state index contributed by atoms with van der Waals surface area (Å²) < 4.78 is 18.7. The van der Waals surface area contributed by atoms with Gasteiger partial charge >= 0.3 is 0 Å². The Morgan fingerprint density at radius 2 is 1.71 bits per heavy atom. The van der Waals surface area contributed by atoms with Crippen molar-refractivity contribution in [2.75, 3.05) is 0 Å². The lowest BCUT2D eigenvalue weighted by Gasteiger charge is -2.16. The molecule has 0 aromatic heterocycles. The Labute approximate surface area is 124 Å². The lowest BCUT2D eigenvalue weighted by Crippen LogP contribution is -2.24. The first-order chi connectivity index (χ1) is 9.88. The zero-order chi connectivity index (χ0) is 15.6. The molecule has 0 aliphatic heterocycles. The van der Waals surface area contributed by atoms with E-state index in [1.807, 2.05) is 32.0 Å². The first-order valence-corrected chi connectivity index (χ1v) is 6.93. The number of hydrogen-bond acceptors (Lipinski definition) is 2. The molecule has 110 valence electrons. The van der Waals surface area contributed by atoms with Gasteiger partial charge in [0, 0.05) is 5.56 Å². The van der Waals surface area contributed by atoms with E-state index in [-0.39, 0.29) is 11.6 Å². The zero-order valence-electron chi connectivity index (χ0n) is 12.7. The van der Waals surface area contributed by atoms with Crippen LogP contribution in [0.25, 0.3) is 0 Å². The highest BCUT2D eigenvalue weighted by molar-refractivity contribution is 5.99. The number of carbonyl (C=O) groups excluding carboxylic acids is 1. The summed E-state index contributed by atoms with van der Waals surface area (Å²) in [4.78, 5) is 12.4. The van der Waals surface area contributed by atoms with Crippen molar-refractivity contribution in [3.05, 3.63) is 64.5 Å². The van der Waals surface area contributed by atoms with Gasteiger partial charge < -0.3 is 4.74 Å². The standard InChI is InChI=1S/C18H19FO2/c1-11-5-6-15(9-12(11)2)18(20)14(4)21-17-8-7-16(19)10-13(17)3/h5-10,14H,1-4H3. The maximum Gasteiger partial charge on any atom is 0.203 e. The smallest absolute Gasteiger partial charge is 0.203 e. The highest BCUT2D eigenvalue weighted by Gasteiger charge is 2.18. The maximum absolute atomic E-state index is 13.1. The molecule has 1 atom stereocenters. The van der Waals surface area contributed by atoms with Crippen LogP contribution in [0, 0.1) is 26.6 Å². The molecule has 0 saturated carbocycles. The van der Waals surface area contributed by atoms with Gasteiger partial charge in [-0.3, -0.25) is 4.79 Å². The predicted octanol–water partition coefficient (Wildman–Crippen LogP) is 4.40. The van der Waals surface area contributed by atoms with Crippen LogP contribution in [0.1, 0.15) is 34.0 Å². The van der Waals surface area contributed by atoms with Crippen molar-refractivity contribution in [2.45, 2.75) is 33.8 Å². The molecule has 1 unspecified atom stereocenters. The summed E-state index contributed by atoms with van der Waals surface area (Å²) in [5.74, 6) is 0.135. The number of Topliss-reactive ketones (excluding diaryl/α,β-unsaturated/α-hetero) is 1. The van der Waals surface area contributed by atoms with Crippen LogP contribution >= 0.6 is 0 Å². The Morgan fingerprint density at radius 1 is 1.00 bits per heavy atom. The van der Waals surface area contributed by atoms with E-state index in [2.05, 4.69) is 0 Å². The van der Waals surface area contributed by atoms with E-state index >= 15 is 0 Å². The van der Waals surface area contributed by atoms with Gasteiger partial charge in [-0.15, -0.1) is 0 Å². The third kappa shape index (κ3) is 3.48. The van der Waals surface area contributed by atoms with Gasteiger partial charge in [-0.25, -0.2) is 4.39 Å². The van der Waals surface area contributed by atoms with Gasteiger partial charge in [0.2, 0.25) is 5.78 Å². The summed E-state index contributed by atoms with van der Waals surface area (Å²) >= 11 is 0. The molecule has 0 aliphatic rings. The monoisotopic (exact) mass is 286 g/mol. The quantitative estimate of drug-likeness (QED) is 0.779. The molecule has 2 aromatic carbocycles. The van der Waals surface area contributed by atoms with E-state index in [1.165, 1.54) is 12.1 Å². The summed E-state index contributed by atoms with van der Waals surface area (Å²) in [6, 6.07) is 9.88. The van der Waals surface area contributed by atoms with Crippen LogP contribution in [-0.2, 0) is 0 Å². The third-order valence-corrected chi connectivity index (χ3v) is 3.60. The number of aryl methyl sites for hydroxylation is 3. The molecular formula is C18H19FO2. The van der Waals surface area contributed by atoms with Crippen molar-refractivity contribution in [3.63, 3.8) is 0 Å². The third-order valence-electron chi connectivity index (χ3n) is 3.60. The Hall–Kier alpha value is -2.16. The molecule has 0 heterocycles. The fraction of sp³-hybridized carbons (Fsp3) is 0.278. The first-order valence-electron chi connectivity index (χ1n) is 6.93. The van der Waals surface area contributed by atoms with Gasteiger partial charge in [0.15, 0.2) is 6.10 Å². The van der Waals surface area contributed by atoms with E-state index in [0.29, 0.717) is 16.9 Å². The van der Waals surface area contributed by atoms with Crippen molar-refractivity contribution < 1.29 is 13.9 Å². The van der Waals surface area contributed by atoms with Crippen LogP contribution in [0.15, 0.2) is 36.4 Å². The summed E-state index contributed by atoms with van der Waals surface area (Å²) in [6.45, 7) is 7.44. The predicted molar refractivity (Wildman–Crippen MR) is 81.5 cm³/mol. The first kappa shape index (κ1) is 15.2. The van der Waals surface area contributed by atoms with E-state index in [4.69, 9.17) is 4.74 Å². The molecule has 2 rings (SSSR count). The lowest BCUT2D eigenvalue weighted by atomic mass is 10.0. The molecular weight excluding hydrogens is 267 g/mol.